The van der Waals surface area contributed by atoms with Crippen LogP contribution in [0.3, 0.4) is 0 Å². The summed E-state index contributed by atoms with van der Waals surface area (Å²) in [5, 5.41) is 22.4. The molecule has 1 fully saturated rings. The van der Waals surface area contributed by atoms with Crippen LogP contribution in [0.2, 0.25) is 0 Å². The van der Waals surface area contributed by atoms with Gasteiger partial charge in [-0.25, -0.2) is 0 Å². The van der Waals surface area contributed by atoms with Crippen molar-refractivity contribution in [3.8, 4) is 11.1 Å². The molecule has 2 unspecified atom stereocenters. The number of hydrogen-bond acceptors (Lipinski definition) is 9. The Morgan fingerprint density at radius 2 is 1.44 bits per heavy atom. The van der Waals surface area contributed by atoms with E-state index in [9.17, 15) is 29.1 Å². The number of H-pyrrole nitrogens is 1. The van der Waals surface area contributed by atoms with E-state index in [1.54, 1.807) is 6.20 Å². The number of hydrogen-bond donors (Lipinski definition) is 7. The van der Waals surface area contributed by atoms with Gasteiger partial charge >= 0.3 is 0 Å². The van der Waals surface area contributed by atoms with Crippen LogP contribution in [0.5, 0.6) is 0 Å². The minimum atomic E-state index is -1.22. The number of ether oxygens (including phenoxy) is 1. The van der Waals surface area contributed by atoms with Gasteiger partial charge in [-0.1, -0.05) is 85.3 Å². The van der Waals surface area contributed by atoms with E-state index in [2.05, 4.69) is 44.1 Å². The van der Waals surface area contributed by atoms with Gasteiger partial charge in [0.05, 0.1) is 0 Å². The summed E-state index contributed by atoms with van der Waals surface area (Å²) >= 11 is 0. The van der Waals surface area contributed by atoms with Gasteiger partial charge in [0.15, 0.2) is 11.7 Å². The molecular formula is C48H56N9O7-. The summed E-state index contributed by atoms with van der Waals surface area (Å²) in [6.45, 7) is 7.58. The molecular weight excluding hydrogens is 815 g/mol. The topological polar surface area (TPSA) is 272 Å². The Hall–Kier alpha value is -7.23. The molecule has 2 aliphatic rings. The number of carbonyl (C=O) groups is 5. The van der Waals surface area contributed by atoms with Crippen LogP contribution in [-0.2, 0) is 35.1 Å². The van der Waals surface area contributed by atoms with Crippen molar-refractivity contribution in [2.45, 2.75) is 81.5 Å². The van der Waals surface area contributed by atoms with Crippen LogP contribution in [-0.4, -0.2) is 83.8 Å². The van der Waals surface area contributed by atoms with E-state index >= 15 is 0 Å². The number of aromatic nitrogens is 1. The van der Waals surface area contributed by atoms with Crippen LogP contribution in [0.1, 0.15) is 67.6 Å². The number of aromatic amines is 1. The highest BCUT2D eigenvalue weighted by atomic mass is 16.6. The van der Waals surface area contributed by atoms with Crippen LogP contribution < -0.4 is 38.3 Å². The van der Waals surface area contributed by atoms with Crippen molar-refractivity contribution in [2.24, 2.45) is 39.0 Å². The van der Waals surface area contributed by atoms with Crippen molar-refractivity contribution in [3.63, 3.8) is 0 Å². The minimum absolute atomic E-state index is 0.0197. The maximum Gasteiger partial charge on any atom is 0.243 e. The Morgan fingerprint density at radius 3 is 2.11 bits per heavy atom. The van der Waals surface area contributed by atoms with Gasteiger partial charge in [-0.15, -0.1) is 13.2 Å². The number of primary amides is 1. The molecule has 6 atom stereocenters. The number of amides is 4. The quantitative estimate of drug-likeness (QED) is 0.0264. The highest BCUT2D eigenvalue weighted by Crippen LogP contribution is 2.44. The first kappa shape index (κ1) is 46.3. The SMILES string of the molecule is C=CC[C@H](N=C([O-])OCC1c2ccccc2-c2ccccc21)C(=O)C1CCCC1C(=O)N[C@@H](Cc1c[nH]c2ccccc12)C(=O)N[C@@H](CCCN=C(N)N)C(=O)N[C@@H](CC=C)C(N)=O. The highest BCUT2D eigenvalue weighted by Gasteiger charge is 2.41. The monoisotopic (exact) mass is 870 g/mol. The number of benzene rings is 3. The summed E-state index contributed by atoms with van der Waals surface area (Å²) in [5.74, 6) is -5.08. The number of guanidine groups is 1. The van der Waals surface area contributed by atoms with Crippen molar-refractivity contribution < 1.29 is 33.8 Å². The number of carbonyl (C=O) groups excluding carboxylic acids is 5. The molecule has 16 nitrogen and oxygen atoms in total. The molecule has 64 heavy (non-hydrogen) atoms. The maximum absolute atomic E-state index is 14.3. The molecule has 336 valence electrons. The predicted molar refractivity (Wildman–Crippen MR) is 243 cm³/mol. The maximum atomic E-state index is 14.3. The zero-order chi connectivity index (χ0) is 45.8. The molecule has 1 heterocycles. The van der Waals surface area contributed by atoms with Crippen molar-refractivity contribution >= 4 is 52.4 Å². The normalized spacial score (nSPS) is 17.5. The number of Topliss-reactive ketones (excluding diaryl/α,β-unsaturated/α-hetero) is 1. The number of nitrogens with two attached hydrogens (primary N) is 3. The average Bonchev–Trinajstić information content (AvgIpc) is 4.02. The molecule has 1 aromatic heterocycles. The second kappa shape index (κ2) is 21.7. The third-order valence-electron chi connectivity index (χ3n) is 11.9. The van der Waals surface area contributed by atoms with E-state index in [1.807, 2.05) is 72.8 Å². The summed E-state index contributed by atoms with van der Waals surface area (Å²) < 4.78 is 5.71. The molecule has 6 rings (SSSR count). The van der Waals surface area contributed by atoms with Crippen molar-refractivity contribution in [1.82, 2.24) is 20.9 Å². The molecule has 3 aromatic carbocycles. The number of para-hydroxylation sites is 1. The molecule has 0 radical (unpaired) electrons. The molecule has 0 saturated heterocycles. The van der Waals surface area contributed by atoms with Gasteiger partial charge in [0, 0.05) is 54.4 Å². The van der Waals surface area contributed by atoms with Crippen molar-refractivity contribution in [3.05, 3.63) is 121 Å². The van der Waals surface area contributed by atoms with E-state index in [4.69, 9.17) is 21.9 Å². The summed E-state index contributed by atoms with van der Waals surface area (Å²) in [5.41, 5.74) is 22.3. The fraction of sp³-hybridized carbons (Fsp3) is 0.354. The molecule has 0 bridgehead atoms. The molecule has 0 aliphatic heterocycles. The molecule has 0 spiro atoms. The second-order valence-corrected chi connectivity index (χ2v) is 16.1. The summed E-state index contributed by atoms with van der Waals surface area (Å²) in [6.07, 6.45) is 5.53. The largest absolute Gasteiger partial charge is 0.599 e. The zero-order valence-electron chi connectivity index (χ0n) is 35.7. The minimum Gasteiger partial charge on any atom is -0.599 e. The van der Waals surface area contributed by atoms with E-state index < -0.39 is 71.5 Å². The lowest BCUT2D eigenvalue weighted by Gasteiger charge is -2.27. The first-order valence-corrected chi connectivity index (χ1v) is 21.5. The highest BCUT2D eigenvalue weighted by molar-refractivity contribution is 5.97. The first-order valence-electron chi connectivity index (χ1n) is 21.5. The van der Waals surface area contributed by atoms with E-state index in [0.29, 0.717) is 19.3 Å². The van der Waals surface area contributed by atoms with Crippen LogP contribution in [0.15, 0.2) is 114 Å². The fourth-order valence-corrected chi connectivity index (χ4v) is 8.75. The lowest BCUT2D eigenvalue weighted by Crippen LogP contribution is -2.57. The van der Waals surface area contributed by atoms with Gasteiger partial charge in [0.1, 0.15) is 30.3 Å². The van der Waals surface area contributed by atoms with Gasteiger partial charge < -0.3 is 48.0 Å². The third kappa shape index (κ3) is 11.2. The number of nitrogens with zero attached hydrogens (tertiary/aromatic N) is 2. The molecule has 10 N–H and O–H groups in total. The first-order chi connectivity index (χ1) is 30.9. The van der Waals surface area contributed by atoms with Gasteiger partial charge in [0.25, 0.3) is 0 Å². The lowest BCUT2D eigenvalue weighted by molar-refractivity contribution is -0.251. The summed E-state index contributed by atoms with van der Waals surface area (Å²) in [7, 11) is 0. The third-order valence-corrected chi connectivity index (χ3v) is 11.9. The van der Waals surface area contributed by atoms with Gasteiger partial charge in [0.2, 0.25) is 23.6 Å². The molecule has 4 amide bonds. The predicted octanol–water partition coefficient (Wildman–Crippen LogP) is 2.76. The second-order valence-electron chi connectivity index (χ2n) is 16.1. The Bertz CT molecular complexity index is 2380. The number of nitrogens with one attached hydrogen (secondary N) is 4. The summed E-state index contributed by atoms with van der Waals surface area (Å²) in [6, 6.07) is 18.8. The number of aliphatic imine (C=N–C) groups is 2. The van der Waals surface area contributed by atoms with Gasteiger partial charge in [-0.05, 0) is 72.4 Å². The zero-order valence-corrected chi connectivity index (χ0v) is 35.7. The van der Waals surface area contributed by atoms with Gasteiger partial charge in [-0.2, -0.15) is 0 Å². The number of fused-ring (bicyclic) bond motifs is 4. The smallest absolute Gasteiger partial charge is 0.243 e. The van der Waals surface area contributed by atoms with Crippen molar-refractivity contribution in [2.75, 3.05) is 13.2 Å². The Balaban J connectivity index is 1.19. The van der Waals surface area contributed by atoms with Crippen molar-refractivity contribution in [1.29, 1.82) is 0 Å². The standard InChI is InChI=1S/C48H57N9O7/c1-3-13-38(57-48(63)64-27-36-32-18-7-5-16-30(32)31-17-6-8-19-33(31)36)42(58)34-20-11-21-35(34)44(60)56-41(25-28-26-53-37-22-10-9-15-29(28)37)46(62)55-40(23-12-24-52-47(50)51)45(61)54-39(14-4-2)43(49)59/h3-10,15-19,22,26,34-36,38-41,53H,1-2,11-14,20-21,23-25,27H2,(H2,49,59)(H,54,61)(H,55,62)(H,56,60)(H,57,63)(H4,50,51,52)/p-1/t34?,35?,38-,39-,40-,41-/m0/s1. The van der Waals surface area contributed by atoms with Crippen LogP contribution >= 0.6 is 0 Å². The van der Waals surface area contributed by atoms with Crippen LogP contribution in [0.25, 0.3) is 22.0 Å². The number of ketones is 1. The Kier molecular flexibility index (Phi) is 15.7. The fourth-order valence-electron chi connectivity index (χ4n) is 8.75. The summed E-state index contributed by atoms with van der Waals surface area (Å²) in [4.78, 5) is 80.0. The Labute approximate surface area is 371 Å². The molecule has 16 heteroatoms. The van der Waals surface area contributed by atoms with Crippen LogP contribution in [0, 0.1) is 11.8 Å². The van der Waals surface area contributed by atoms with Gasteiger partial charge in [-0.3, -0.25) is 34.0 Å². The van der Waals surface area contributed by atoms with E-state index in [0.717, 1.165) is 38.7 Å². The number of rotatable bonds is 22. The Morgan fingerprint density at radius 1 is 0.812 bits per heavy atom. The lowest BCUT2D eigenvalue weighted by atomic mass is 9.86. The van der Waals surface area contributed by atoms with E-state index in [-0.39, 0.29) is 57.1 Å². The molecule has 1 saturated carbocycles. The van der Waals surface area contributed by atoms with Crippen LogP contribution in [0.4, 0.5) is 0 Å². The van der Waals surface area contributed by atoms with E-state index in [1.165, 1.54) is 12.2 Å². The molecule has 4 aromatic rings. The average molecular weight is 871 g/mol. The molecule has 2 aliphatic carbocycles.